The molecule has 0 amide bonds. The molecule has 0 saturated heterocycles. The molecule has 3 aromatic heterocycles. The van der Waals surface area contributed by atoms with Gasteiger partial charge in [-0.25, -0.2) is 15.0 Å². The molecule has 1 aromatic carbocycles. The van der Waals surface area contributed by atoms with Crippen molar-refractivity contribution < 1.29 is 13.2 Å². The van der Waals surface area contributed by atoms with Crippen molar-refractivity contribution in [3.8, 4) is 0 Å². The van der Waals surface area contributed by atoms with Gasteiger partial charge in [0.25, 0.3) is 0 Å². The minimum Gasteiger partial charge on any atom is -0.350 e. The molecular weight excluding hydrogens is 403 g/mol. The van der Waals surface area contributed by atoms with Crippen LogP contribution in [0, 0.1) is 0 Å². The number of alkyl halides is 3. The molecule has 0 atom stereocenters. The van der Waals surface area contributed by atoms with Gasteiger partial charge in [-0.15, -0.1) is 0 Å². The van der Waals surface area contributed by atoms with Crippen molar-refractivity contribution in [2.45, 2.75) is 19.1 Å². The van der Waals surface area contributed by atoms with Crippen LogP contribution in [0.5, 0.6) is 0 Å². The van der Waals surface area contributed by atoms with Crippen molar-refractivity contribution in [3.63, 3.8) is 0 Å². The number of aromatic nitrogens is 4. The van der Waals surface area contributed by atoms with E-state index in [0.29, 0.717) is 17.9 Å². The highest BCUT2D eigenvalue weighted by molar-refractivity contribution is 6.31. The molecule has 0 saturated carbocycles. The molecule has 9 heteroatoms. The molecule has 3 heterocycles. The summed E-state index contributed by atoms with van der Waals surface area (Å²) in [6.45, 7) is 0.0796. The first-order chi connectivity index (χ1) is 13.9. The highest BCUT2D eigenvalue weighted by Gasteiger charge is 2.30. The second-order valence-corrected chi connectivity index (χ2v) is 6.87. The Morgan fingerprint density at radius 3 is 2.59 bits per heavy atom. The van der Waals surface area contributed by atoms with Gasteiger partial charge in [-0.1, -0.05) is 11.6 Å². The molecule has 148 valence electrons. The van der Waals surface area contributed by atoms with E-state index in [0.717, 1.165) is 34.3 Å². The summed E-state index contributed by atoms with van der Waals surface area (Å²) in [5.74, 6) is 0.308. The highest BCUT2D eigenvalue weighted by atomic mass is 35.5. The zero-order valence-electron chi connectivity index (χ0n) is 15.0. The number of aromatic amines is 1. The SMILES string of the molecule is FC(F)(F)c1ccc(Cl)c(CNc2ncc(Cc3c[nH]c4ncccc34)cn2)c1. The lowest BCUT2D eigenvalue weighted by Crippen LogP contribution is -2.08. The number of halogens is 4. The summed E-state index contributed by atoms with van der Waals surface area (Å²) in [6.07, 6.45) is 3.19. The van der Waals surface area contributed by atoms with E-state index in [4.69, 9.17) is 11.6 Å². The van der Waals surface area contributed by atoms with Gasteiger partial charge in [0.15, 0.2) is 0 Å². The third kappa shape index (κ3) is 4.32. The first kappa shape index (κ1) is 19.2. The summed E-state index contributed by atoms with van der Waals surface area (Å²) in [5, 5.41) is 4.19. The van der Waals surface area contributed by atoms with Gasteiger partial charge >= 0.3 is 6.18 Å². The van der Waals surface area contributed by atoms with E-state index in [1.54, 1.807) is 18.6 Å². The van der Waals surface area contributed by atoms with Gasteiger partial charge in [-0.3, -0.25) is 0 Å². The van der Waals surface area contributed by atoms with E-state index >= 15 is 0 Å². The van der Waals surface area contributed by atoms with Gasteiger partial charge in [0.2, 0.25) is 5.95 Å². The summed E-state index contributed by atoms with van der Waals surface area (Å²) >= 11 is 6.01. The number of fused-ring (bicyclic) bond motifs is 1. The fraction of sp³-hybridized carbons (Fsp3) is 0.150. The van der Waals surface area contributed by atoms with Crippen LogP contribution in [0.15, 0.2) is 55.1 Å². The second-order valence-electron chi connectivity index (χ2n) is 6.46. The quantitative estimate of drug-likeness (QED) is 0.466. The fourth-order valence-corrected chi connectivity index (χ4v) is 3.16. The number of hydrogen-bond donors (Lipinski definition) is 2. The summed E-state index contributed by atoms with van der Waals surface area (Å²) < 4.78 is 38.6. The molecule has 0 aliphatic rings. The Morgan fingerprint density at radius 2 is 1.83 bits per heavy atom. The summed E-state index contributed by atoms with van der Waals surface area (Å²) in [7, 11) is 0. The van der Waals surface area contributed by atoms with E-state index in [9.17, 15) is 13.2 Å². The van der Waals surface area contributed by atoms with Gasteiger partial charge in [0, 0.05) is 48.2 Å². The van der Waals surface area contributed by atoms with Crippen molar-refractivity contribution in [1.82, 2.24) is 19.9 Å². The average molecular weight is 418 g/mol. The van der Waals surface area contributed by atoms with Crippen molar-refractivity contribution in [2.75, 3.05) is 5.32 Å². The van der Waals surface area contributed by atoms with Crippen LogP contribution in [-0.2, 0) is 19.1 Å². The van der Waals surface area contributed by atoms with Crippen LogP contribution < -0.4 is 5.32 Å². The van der Waals surface area contributed by atoms with Gasteiger partial charge in [0.1, 0.15) is 5.65 Å². The zero-order valence-corrected chi connectivity index (χ0v) is 15.7. The molecule has 0 aliphatic carbocycles. The molecular formula is C20H15ClF3N5. The van der Waals surface area contributed by atoms with Gasteiger partial charge < -0.3 is 10.3 Å². The Kier molecular flexibility index (Phi) is 5.10. The fourth-order valence-electron chi connectivity index (χ4n) is 2.98. The molecule has 2 N–H and O–H groups in total. The molecule has 4 rings (SSSR count). The van der Waals surface area contributed by atoms with E-state index in [1.807, 2.05) is 18.3 Å². The maximum atomic E-state index is 12.9. The van der Waals surface area contributed by atoms with E-state index < -0.39 is 11.7 Å². The summed E-state index contributed by atoms with van der Waals surface area (Å²) in [4.78, 5) is 15.9. The molecule has 0 bridgehead atoms. The predicted molar refractivity (Wildman–Crippen MR) is 105 cm³/mol. The molecule has 0 spiro atoms. The Hall–Kier alpha value is -3.13. The maximum absolute atomic E-state index is 12.9. The van der Waals surface area contributed by atoms with E-state index in [2.05, 4.69) is 25.3 Å². The lowest BCUT2D eigenvalue weighted by Gasteiger charge is -2.11. The van der Waals surface area contributed by atoms with Gasteiger partial charge in [-0.2, -0.15) is 13.2 Å². The lowest BCUT2D eigenvalue weighted by molar-refractivity contribution is -0.137. The Balaban J connectivity index is 1.44. The monoisotopic (exact) mass is 417 g/mol. The third-order valence-electron chi connectivity index (χ3n) is 4.45. The van der Waals surface area contributed by atoms with Gasteiger partial charge in [-0.05, 0) is 47.0 Å². The summed E-state index contributed by atoms with van der Waals surface area (Å²) in [6, 6.07) is 7.08. The van der Waals surface area contributed by atoms with Crippen LogP contribution in [0.3, 0.4) is 0 Å². The Labute approximate surface area is 169 Å². The first-order valence-corrected chi connectivity index (χ1v) is 9.09. The normalized spacial score (nSPS) is 11.7. The molecule has 4 aromatic rings. The maximum Gasteiger partial charge on any atom is 0.416 e. The van der Waals surface area contributed by atoms with Crippen LogP contribution in [0.25, 0.3) is 11.0 Å². The van der Waals surface area contributed by atoms with Gasteiger partial charge in [0.05, 0.1) is 5.56 Å². The van der Waals surface area contributed by atoms with Crippen molar-refractivity contribution in [1.29, 1.82) is 0 Å². The van der Waals surface area contributed by atoms with E-state index in [-0.39, 0.29) is 11.6 Å². The smallest absolute Gasteiger partial charge is 0.350 e. The average Bonchev–Trinajstić information content (AvgIpc) is 3.10. The Bertz CT molecular complexity index is 1140. The van der Waals surface area contributed by atoms with Crippen LogP contribution in [0.4, 0.5) is 19.1 Å². The standard InChI is InChI=1S/C20H15ClF3N5/c21-17-4-3-15(20(22,23)24)7-14(17)11-29-19-27-8-12(9-28-19)6-13-10-26-18-16(13)2-1-5-25-18/h1-5,7-10H,6,11H2,(H,25,26)(H,27,28,29). The van der Waals surface area contributed by atoms with Crippen LogP contribution in [0.1, 0.15) is 22.3 Å². The topological polar surface area (TPSA) is 66.5 Å². The molecule has 0 unspecified atom stereocenters. The van der Waals surface area contributed by atoms with Crippen LogP contribution in [0.2, 0.25) is 5.02 Å². The largest absolute Gasteiger partial charge is 0.416 e. The highest BCUT2D eigenvalue weighted by Crippen LogP contribution is 2.32. The van der Waals surface area contributed by atoms with Crippen LogP contribution in [-0.4, -0.2) is 19.9 Å². The predicted octanol–water partition coefficient (Wildman–Crippen LogP) is 5.23. The molecule has 0 aliphatic heterocycles. The molecule has 29 heavy (non-hydrogen) atoms. The van der Waals surface area contributed by atoms with Crippen LogP contribution >= 0.6 is 11.6 Å². The first-order valence-electron chi connectivity index (χ1n) is 8.71. The molecule has 0 radical (unpaired) electrons. The lowest BCUT2D eigenvalue weighted by atomic mass is 10.1. The number of rotatable bonds is 5. The number of anilines is 1. The number of benzene rings is 1. The van der Waals surface area contributed by atoms with Crippen molar-refractivity contribution in [3.05, 3.63) is 82.4 Å². The number of nitrogens with zero attached hydrogens (tertiary/aromatic N) is 3. The van der Waals surface area contributed by atoms with Crippen molar-refractivity contribution >= 4 is 28.6 Å². The Morgan fingerprint density at radius 1 is 1.03 bits per heavy atom. The number of H-pyrrole nitrogens is 1. The molecule has 5 nitrogen and oxygen atoms in total. The van der Waals surface area contributed by atoms with E-state index in [1.165, 1.54) is 6.07 Å². The number of pyridine rings is 1. The summed E-state index contributed by atoms with van der Waals surface area (Å²) in [5.41, 5.74) is 2.37. The van der Waals surface area contributed by atoms with Crippen molar-refractivity contribution in [2.24, 2.45) is 0 Å². The minimum absolute atomic E-state index is 0.0796. The zero-order chi connectivity index (χ0) is 20.4. The third-order valence-corrected chi connectivity index (χ3v) is 4.82. The molecule has 0 fully saturated rings. The second kappa shape index (κ2) is 7.71. The number of nitrogens with one attached hydrogen (secondary N) is 2. The minimum atomic E-state index is -4.42. The number of hydrogen-bond acceptors (Lipinski definition) is 4.